The number of hydrogen-bond donors (Lipinski definition) is 1. The van der Waals surface area contributed by atoms with Gasteiger partial charge in [-0.3, -0.25) is 0 Å². The van der Waals surface area contributed by atoms with Gasteiger partial charge in [0.2, 0.25) is 0 Å². The van der Waals surface area contributed by atoms with Gasteiger partial charge in [0, 0.05) is 17.1 Å². The zero-order valence-corrected chi connectivity index (χ0v) is 14.0. The molecule has 1 aliphatic heterocycles. The lowest BCUT2D eigenvalue weighted by molar-refractivity contribution is 0.122. The molecule has 112 valence electrons. The number of rotatable bonds is 5. The Morgan fingerprint density at radius 2 is 2.00 bits per heavy atom. The highest BCUT2D eigenvalue weighted by atomic mass is 79.9. The molecule has 0 saturated carbocycles. The Morgan fingerprint density at radius 1 is 1.25 bits per heavy atom. The number of aliphatic hydroxyl groups excluding tert-OH is 1. The van der Waals surface area contributed by atoms with Gasteiger partial charge < -0.3 is 10.0 Å². The Balaban J connectivity index is 1.87. The minimum Gasteiger partial charge on any atom is -0.388 e. The molecule has 1 aliphatic rings. The van der Waals surface area contributed by atoms with E-state index in [0.29, 0.717) is 0 Å². The van der Waals surface area contributed by atoms with Crippen LogP contribution in [0, 0.1) is 0 Å². The molecule has 0 aromatic heterocycles. The van der Waals surface area contributed by atoms with Crippen LogP contribution in [0.1, 0.15) is 57.1 Å². The fraction of sp³-hybridized carbons (Fsp3) is 0.647. The van der Waals surface area contributed by atoms with Crippen LogP contribution in [-0.4, -0.2) is 29.1 Å². The lowest BCUT2D eigenvalue weighted by atomic mass is 10.0. The van der Waals surface area contributed by atoms with Crippen LogP contribution >= 0.6 is 15.9 Å². The van der Waals surface area contributed by atoms with Gasteiger partial charge in [-0.1, -0.05) is 47.8 Å². The van der Waals surface area contributed by atoms with E-state index in [4.69, 9.17) is 0 Å². The molecule has 1 aromatic carbocycles. The summed E-state index contributed by atoms with van der Waals surface area (Å²) < 4.78 is 1.06. The first kappa shape index (κ1) is 16.0. The Morgan fingerprint density at radius 3 is 2.70 bits per heavy atom. The van der Waals surface area contributed by atoms with Crippen molar-refractivity contribution in [2.45, 2.75) is 57.6 Å². The summed E-state index contributed by atoms with van der Waals surface area (Å²) in [5.74, 6) is 0. The van der Waals surface area contributed by atoms with Gasteiger partial charge in [-0.15, -0.1) is 0 Å². The van der Waals surface area contributed by atoms with Gasteiger partial charge in [0.1, 0.15) is 0 Å². The van der Waals surface area contributed by atoms with Gasteiger partial charge in [-0.05, 0) is 49.9 Å². The van der Waals surface area contributed by atoms with Crippen LogP contribution in [0.5, 0.6) is 0 Å². The minimum atomic E-state index is -0.344. The van der Waals surface area contributed by atoms with Crippen LogP contribution in [0.25, 0.3) is 0 Å². The van der Waals surface area contributed by atoms with E-state index in [-0.39, 0.29) is 6.10 Å². The second-order valence-electron chi connectivity index (χ2n) is 5.80. The van der Waals surface area contributed by atoms with Crippen molar-refractivity contribution in [3.8, 4) is 0 Å². The second kappa shape index (κ2) is 8.16. The molecule has 2 nitrogen and oxygen atoms in total. The standard InChI is InChI=1S/C17H26BrNO/c1-2-16-6-4-3-5-12-19(16)13-11-17(20)14-7-9-15(18)10-8-14/h7-10,16-17,20H,2-6,11-13H2,1H3. The van der Waals surface area contributed by atoms with E-state index in [1.807, 2.05) is 24.3 Å². The molecule has 2 unspecified atom stereocenters. The molecule has 0 aliphatic carbocycles. The summed E-state index contributed by atoms with van der Waals surface area (Å²) in [4.78, 5) is 2.59. The van der Waals surface area contributed by atoms with Gasteiger partial charge in [0.05, 0.1) is 6.10 Å². The third-order valence-electron chi connectivity index (χ3n) is 4.41. The molecule has 3 heteroatoms. The Labute approximate surface area is 131 Å². The van der Waals surface area contributed by atoms with Crippen LogP contribution in [0.15, 0.2) is 28.7 Å². The zero-order valence-electron chi connectivity index (χ0n) is 12.4. The summed E-state index contributed by atoms with van der Waals surface area (Å²) >= 11 is 3.43. The van der Waals surface area contributed by atoms with Crippen molar-refractivity contribution in [1.29, 1.82) is 0 Å². The SMILES string of the molecule is CCC1CCCCCN1CCC(O)c1ccc(Br)cc1. The zero-order chi connectivity index (χ0) is 14.4. The molecule has 1 N–H and O–H groups in total. The maximum Gasteiger partial charge on any atom is 0.0802 e. The third kappa shape index (κ3) is 4.57. The average molecular weight is 340 g/mol. The molecule has 1 fully saturated rings. The first-order chi connectivity index (χ1) is 9.70. The van der Waals surface area contributed by atoms with Crippen LogP contribution in [0.4, 0.5) is 0 Å². The predicted molar refractivity (Wildman–Crippen MR) is 87.8 cm³/mol. The van der Waals surface area contributed by atoms with E-state index >= 15 is 0 Å². The van der Waals surface area contributed by atoms with Crippen molar-refractivity contribution in [3.63, 3.8) is 0 Å². The first-order valence-corrected chi connectivity index (χ1v) is 8.67. The maximum absolute atomic E-state index is 10.3. The second-order valence-corrected chi connectivity index (χ2v) is 6.72. The predicted octanol–water partition coefficient (Wildman–Crippen LogP) is 4.53. The molecule has 0 bridgehead atoms. The lowest BCUT2D eigenvalue weighted by Gasteiger charge is -2.29. The van der Waals surface area contributed by atoms with E-state index in [9.17, 15) is 5.11 Å². The van der Waals surface area contributed by atoms with Gasteiger partial charge in [-0.25, -0.2) is 0 Å². The molecule has 2 rings (SSSR count). The van der Waals surface area contributed by atoms with Crippen molar-refractivity contribution in [2.75, 3.05) is 13.1 Å². The molecule has 1 aromatic rings. The van der Waals surface area contributed by atoms with E-state index in [0.717, 1.165) is 29.0 Å². The molecule has 1 heterocycles. The van der Waals surface area contributed by atoms with Gasteiger partial charge in [0.15, 0.2) is 0 Å². The fourth-order valence-electron chi connectivity index (χ4n) is 3.13. The van der Waals surface area contributed by atoms with Crippen molar-refractivity contribution in [2.24, 2.45) is 0 Å². The van der Waals surface area contributed by atoms with Crippen molar-refractivity contribution in [1.82, 2.24) is 4.90 Å². The molecule has 0 radical (unpaired) electrons. The highest BCUT2D eigenvalue weighted by molar-refractivity contribution is 9.10. The van der Waals surface area contributed by atoms with Crippen LogP contribution in [0.2, 0.25) is 0 Å². The fourth-order valence-corrected chi connectivity index (χ4v) is 3.40. The van der Waals surface area contributed by atoms with Gasteiger partial charge >= 0.3 is 0 Å². The van der Waals surface area contributed by atoms with E-state index in [2.05, 4.69) is 27.8 Å². The Kier molecular flexibility index (Phi) is 6.53. The minimum absolute atomic E-state index is 0.344. The molecule has 0 spiro atoms. The number of benzene rings is 1. The van der Waals surface area contributed by atoms with E-state index in [1.54, 1.807) is 0 Å². The Bertz CT molecular complexity index is 392. The summed E-state index contributed by atoms with van der Waals surface area (Å²) in [5, 5.41) is 10.3. The molecular weight excluding hydrogens is 314 g/mol. The largest absolute Gasteiger partial charge is 0.388 e. The van der Waals surface area contributed by atoms with Crippen molar-refractivity contribution < 1.29 is 5.11 Å². The van der Waals surface area contributed by atoms with Crippen molar-refractivity contribution >= 4 is 15.9 Å². The van der Waals surface area contributed by atoms with Crippen LogP contribution < -0.4 is 0 Å². The molecule has 20 heavy (non-hydrogen) atoms. The molecule has 1 saturated heterocycles. The number of nitrogens with zero attached hydrogens (tertiary/aromatic N) is 1. The summed E-state index contributed by atoms with van der Waals surface area (Å²) in [6, 6.07) is 8.73. The van der Waals surface area contributed by atoms with Gasteiger partial charge in [-0.2, -0.15) is 0 Å². The van der Waals surface area contributed by atoms with Crippen LogP contribution in [-0.2, 0) is 0 Å². The van der Waals surface area contributed by atoms with Crippen LogP contribution in [0.3, 0.4) is 0 Å². The van der Waals surface area contributed by atoms with Crippen molar-refractivity contribution in [3.05, 3.63) is 34.3 Å². The topological polar surface area (TPSA) is 23.5 Å². The average Bonchev–Trinajstić information content (AvgIpc) is 2.70. The molecular formula is C17H26BrNO. The molecule has 2 atom stereocenters. The monoisotopic (exact) mass is 339 g/mol. The third-order valence-corrected chi connectivity index (χ3v) is 4.94. The van der Waals surface area contributed by atoms with E-state index in [1.165, 1.54) is 38.6 Å². The number of hydrogen-bond acceptors (Lipinski definition) is 2. The smallest absolute Gasteiger partial charge is 0.0802 e. The quantitative estimate of drug-likeness (QED) is 0.851. The normalized spacial score (nSPS) is 22.4. The number of halogens is 1. The summed E-state index contributed by atoms with van der Waals surface area (Å²) in [6.45, 7) is 4.50. The molecule has 0 amide bonds. The van der Waals surface area contributed by atoms with E-state index < -0.39 is 0 Å². The maximum atomic E-state index is 10.3. The summed E-state index contributed by atoms with van der Waals surface area (Å²) in [5.41, 5.74) is 1.02. The Hall–Kier alpha value is -0.380. The summed E-state index contributed by atoms with van der Waals surface area (Å²) in [7, 11) is 0. The summed E-state index contributed by atoms with van der Waals surface area (Å²) in [6.07, 6.45) is 7.08. The number of aliphatic hydroxyl groups is 1. The lowest BCUT2D eigenvalue weighted by Crippen LogP contribution is -2.35. The first-order valence-electron chi connectivity index (χ1n) is 7.88. The highest BCUT2D eigenvalue weighted by Gasteiger charge is 2.20. The number of likely N-dealkylation sites (tertiary alicyclic amines) is 1. The highest BCUT2D eigenvalue weighted by Crippen LogP contribution is 2.23. The van der Waals surface area contributed by atoms with Gasteiger partial charge in [0.25, 0.3) is 0 Å².